The van der Waals surface area contributed by atoms with E-state index < -0.39 is 0 Å². The molecule has 1 aliphatic rings. The molecule has 2 aromatic rings. The van der Waals surface area contributed by atoms with Gasteiger partial charge < -0.3 is 19.4 Å². The number of likely N-dealkylation sites (N-methyl/N-ethyl adjacent to an activating group) is 2. The zero-order valence-corrected chi connectivity index (χ0v) is 12.2. The highest BCUT2D eigenvalue weighted by Crippen LogP contribution is 2.20. The normalized spacial score (nSPS) is 20.8. The molecule has 1 N–H and O–H groups in total. The molecule has 0 aromatic carbocycles. The van der Waals surface area contributed by atoms with Gasteiger partial charge in [0.15, 0.2) is 5.82 Å². The number of aromatic hydroxyl groups is 1. The molecule has 21 heavy (non-hydrogen) atoms. The molecule has 7 heteroatoms. The number of aromatic nitrogens is 3. The van der Waals surface area contributed by atoms with Crippen molar-refractivity contribution in [1.82, 2.24) is 24.9 Å². The van der Waals surface area contributed by atoms with E-state index in [-0.39, 0.29) is 5.75 Å². The van der Waals surface area contributed by atoms with Crippen molar-refractivity contribution in [2.24, 2.45) is 0 Å². The number of pyridine rings is 1. The lowest BCUT2D eigenvalue weighted by Gasteiger charge is -2.37. The molecule has 1 unspecified atom stereocenters. The van der Waals surface area contributed by atoms with E-state index >= 15 is 0 Å². The third kappa shape index (κ3) is 3.20. The van der Waals surface area contributed by atoms with Crippen LogP contribution in [0.3, 0.4) is 0 Å². The minimum atomic E-state index is 0.0842. The van der Waals surface area contributed by atoms with Gasteiger partial charge in [-0.05, 0) is 20.2 Å². The Morgan fingerprint density at radius 3 is 3.00 bits per heavy atom. The topological polar surface area (TPSA) is 78.5 Å². The summed E-state index contributed by atoms with van der Waals surface area (Å²) in [4.78, 5) is 13.0. The molecule has 0 aliphatic carbocycles. The number of hydrogen-bond donors (Lipinski definition) is 1. The first-order chi connectivity index (χ1) is 10.1. The Balaban J connectivity index is 1.73. The van der Waals surface area contributed by atoms with Crippen LogP contribution in [0.1, 0.15) is 5.82 Å². The van der Waals surface area contributed by atoms with Crippen LogP contribution in [0, 0.1) is 0 Å². The van der Waals surface area contributed by atoms with Crippen LogP contribution >= 0.6 is 0 Å². The van der Waals surface area contributed by atoms with Gasteiger partial charge in [-0.3, -0.25) is 4.98 Å². The molecule has 7 nitrogen and oxygen atoms in total. The molecule has 1 fully saturated rings. The Morgan fingerprint density at radius 1 is 1.33 bits per heavy atom. The molecule has 3 rings (SSSR count). The number of nitrogens with zero attached hydrogens (tertiary/aromatic N) is 5. The standard InChI is InChI=1S/C14H19N5O2/c1-18-3-4-19(2)11(9-18)6-13-16-14(21-17-13)10-5-12(20)8-15-7-10/h5,7-8,11,20H,3-4,6,9H2,1-2H3. The molecule has 0 saturated carbocycles. The van der Waals surface area contributed by atoms with Crippen molar-refractivity contribution in [2.45, 2.75) is 12.5 Å². The second-order valence-electron chi connectivity index (χ2n) is 5.55. The van der Waals surface area contributed by atoms with Crippen LogP contribution in [0.25, 0.3) is 11.5 Å². The average Bonchev–Trinajstić information content (AvgIpc) is 2.91. The smallest absolute Gasteiger partial charge is 0.259 e. The predicted molar refractivity (Wildman–Crippen MR) is 76.8 cm³/mol. The number of rotatable bonds is 3. The van der Waals surface area contributed by atoms with Crippen LogP contribution in [-0.4, -0.2) is 69.8 Å². The van der Waals surface area contributed by atoms with Gasteiger partial charge >= 0.3 is 0 Å². The van der Waals surface area contributed by atoms with E-state index in [1.54, 1.807) is 12.3 Å². The molecule has 1 aliphatic heterocycles. The molecule has 2 aromatic heterocycles. The lowest BCUT2D eigenvalue weighted by molar-refractivity contribution is 0.113. The first-order valence-corrected chi connectivity index (χ1v) is 6.97. The fraction of sp³-hybridized carbons (Fsp3) is 0.500. The molecule has 0 radical (unpaired) electrons. The van der Waals surface area contributed by atoms with Gasteiger partial charge in [-0.15, -0.1) is 0 Å². The first kappa shape index (κ1) is 14.0. The van der Waals surface area contributed by atoms with Crippen molar-refractivity contribution in [3.05, 3.63) is 24.3 Å². The fourth-order valence-electron chi connectivity index (χ4n) is 2.53. The van der Waals surface area contributed by atoms with Gasteiger partial charge in [-0.1, -0.05) is 5.16 Å². The van der Waals surface area contributed by atoms with E-state index in [1.165, 1.54) is 6.20 Å². The highest BCUT2D eigenvalue weighted by atomic mass is 16.5. The predicted octanol–water partition coefficient (Wildman–Crippen LogP) is 0.625. The number of piperazine rings is 1. The maximum atomic E-state index is 9.44. The Bertz CT molecular complexity index is 615. The van der Waals surface area contributed by atoms with Gasteiger partial charge in [0, 0.05) is 38.3 Å². The van der Waals surface area contributed by atoms with Crippen molar-refractivity contribution < 1.29 is 9.63 Å². The molecular formula is C14H19N5O2. The summed E-state index contributed by atoms with van der Waals surface area (Å²) in [6, 6.07) is 1.95. The first-order valence-electron chi connectivity index (χ1n) is 6.97. The Hall–Kier alpha value is -1.99. The van der Waals surface area contributed by atoms with E-state index in [0.29, 0.717) is 23.3 Å². The fourth-order valence-corrected chi connectivity index (χ4v) is 2.53. The maximum absolute atomic E-state index is 9.44. The second kappa shape index (κ2) is 5.79. The van der Waals surface area contributed by atoms with Crippen LogP contribution in [0.15, 0.2) is 23.0 Å². The minimum absolute atomic E-state index is 0.0842. The third-order valence-corrected chi connectivity index (χ3v) is 3.84. The lowest BCUT2D eigenvalue weighted by atomic mass is 10.1. The van der Waals surface area contributed by atoms with E-state index in [9.17, 15) is 5.11 Å². The number of hydrogen-bond acceptors (Lipinski definition) is 7. The summed E-state index contributed by atoms with van der Waals surface area (Å²) >= 11 is 0. The van der Waals surface area contributed by atoms with Crippen LogP contribution in [0.5, 0.6) is 5.75 Å². The molecule has 112 valence electrons. The summed E-state index contributed by atoms with van der Waals surface area (Å²) in [6.07, 6.45) is 3.71. The van der Waals surface area contributed by atoms with Gasteiger partial charge in [-0.25, -0.2) is 0 Å². The monoisotopic (exact) mass is 289 g/mol. The molecular weight excluding hydrogens is 270 g/mol. The maximum Gasteiger partial charge on any atom is 0.259 e. The SMILES string of the molecule is CN1CCN(C)C(Cc2noc(-c3cncc(O)c3)n2)C1. The van der Waals surface area contributed by atoms with Crippen molar-refractivity contribution in [3.8, 4) is 17.2 Å². The van der Waals surface area contributed by atoms with Crippen LogP contribution < -0.4 is 0 Å². The van der Waals surface area contributed by atoms with Gasteiger partial charge in [0.05, 0.1) is 11.8 Å². The van der Waals surface area contributed by atoms with Crippen LogP contribution in [0.4, 0.5) is 0 Å². The van der Waals surface area contributed by atoms with Crippen molar-refractivity contribution in [3.63, 3.8) is 0 Å². The van der Waals surface area contributed by atoms with Crippen LogP contribution in [-0.2, 0) is 6.42 Å². The van der Waals surface area contributed by atoms with Gasteiger partial charge in [0.25, 0.3) is 5.89 Å². The van der Waals surface area contributed by atoms with Crippen molar-refractivity contribution in [2.75, 3.05) is 33.7 Å². The van der Waals surface area contributed by atoms with Crippen LogP contribution in [0.2, 0.25) is 0 Å². The molecule has 0 amide bonds. The third-order valence-electron chi connectivity index (χ3n) is 3.84. The average molecular weight is 289 g/mol. The lowest BCUT2D eigenvalue weighted by Crippen LogP contribution is -2.50. The summed E-state index contributed by atoms with van der Waals surface area (Å²) in [6.45, 7) is 3.12. The van der Waals surface area contributed by atoms with E-state index in [2.05, 4.69) is 39.0 Å². The van der Waals surface area contributed by atoms with E-state index in [0.717, 1.165) is 26.1 Å². The zero-order valence-electron chi connectivity index (χ0n) is 12.2. The Labute approximate surface area is 123 Å². The molecule has 1 atom stereocenters. The molecule has 0 bridgehead atoms. The zero-order chi connectivity index (χ0) is 14.8. The second-order valence-corrected chi connectivity index (χ2v) is 5.55. The molecule has 1 saturated heterocycles. The van der Waals surface area contributed by atoms with Crippen molar-refractivity contribution in [1.29, 1.82) is 0 Å². The van der Waals surface area contributed by atoms with E-state index in [1.807, 2.05) is 0 Å². The summed E-state index contributed by atoms with van der Waals surface area (Å²) in [5.74, 6) is 1.15. The summed E-state index contributed by atoms with van der Waals surface area (Å²) < 4.78 is 5.26. The van der Waals surface area contributed by atoms with Gasteiger partial charge in [0.1, 0.15) is 5.75 Å². The van der Waals surface area contributed by atoms with Gasteiger partial charge in [0.2, 0.25) is 0 Å². The summed E-state index contributed by atoms with van der Waals surface area (Å²) in [7, 11) is 4.25. The Kier molecular flexibility index (Phi) is 3.85. The largest absolute Gasteiger partial charge is 0.506 e. The summed E-state index contributed by atoms with van der Waals surface area (Å²) in [5.41, 5.74) is 0.628. The highest BCUT2D eigenvalue weighted by molar-refractivity contribution is 5.53. The molecule has 0 spiro atoms. The van der Waals surface area contributed by atoms with E-state index in [4.69, 9.17) is 4.52 Å². The molecule has 3 heterocycles. The highest BCUT2D eigenvalue weighted by Gasteiger charge is 2.24. The quantitative estimate of drug-likeness (QED) is 0.887. The minimum Gasteiger partial charge on any atom is -0.506 e. The summed E-state index contributed by atoms with van der Waals surface area (Å²) in [5, 5.41) is 13.5. The van der Waals surface area contributed by atoms with Crippen molar-refractivity contribution >= 4 is 0 Å². The Morgan fingerprint density at radius 2 is 2.19 bits per heavy atom. The van der Waals surface area contributed by atoms with Gasteiger partial charge in [-0.2, -0.15) is 4.98 Å².